The first-order chi connectivity index (χ1) is 9.62. The van der Waals surface area contributed by atoms with Gasteiger partial charge in [0.15, 0.2) is 0 Å². The molecule has 2 aromatic heterocycles. The van der Waals surface area contributed by atoms with E-state index >= 15 is 0 Å². The molecule has 0 saturated heterocycles. The van der Waals surface area contributed by atoms with Crippen LogP contribution in [0.4, 0.5) is 5.69 Å². The lowest BCUT2D eigenvalue weighted by atomic mass is 10.3. The molecule has 2 N–H and O–H groups in total. The molecule has 8 heteroatoms. The fraction of sp³-hybridized carbons (Fsp3) is 0.333. The van der Waals surface area contributed by atoms with E-state index in [2.05, 4.69) is 26.9 Å². The minimum absolute atomic E-state index is 0.287. The number of nitrogens with zero attached hydrogens (tertiary/aromatic N) is 2. The second-order valence-corrected chi connectivity index (χ2v) is 7.00. The van der Waals surface area contributed by atoms with Gasteiger partial charge in [-0.25, -0.2) is 18.4 Å². The van der Waals surface area contributed by atoms with Crippen LogP contribution in [-0.2, 0) is 16.6 Å². The lowest BCUT2D eigenvalue weighted by molar-refractivity contribution is 0.603. The van der Waals surface area contributed by atoms with Crippen molar-refractivity contribution in [3.05, 3.63) is 35.7 Å². The maximum atomic E-state index is 12.2. The molecule has 0 atom stereocenters. The summed E-state index contributed by atoms with van der Waals surface area (Å²) < 4.78 is 27.1. The first-order valence-electron chi connectivity index (χ1n) is 6.18. The van der Waals surface area contributed by atoms with Crippen LogP contribution in [0, 0.1) is 0 Å². The van der Waals surface area contributed by atoms with Gasteiger partial charge in [-0.15, -0.1) is 11.3 Å². The molecule has 108 valence electrons. The van der Waals surface area contributed by atoms with E-state index in [0.29, 0.717) is 12.2 Å². The zero-order valence-electron chi connectivity index (χ0n) is 11.0. The molecule has 0 aliphatic heterocycles. The van der Waals surface area contributed by atoms with Crippen LogP contribution in [0.25, 0.3) is 0 Å². The maximum absolute atomic E-state index is 12.2. The number of rotatable bonds is 7. The zero-order valence-corrected chi connectivity index (χ0v) is 12.7. The Morgan fingerprint density at radius 1 is 1.30 bits per heavy atom. The Hall–Kier alpha value is -1.51. The predicted octanol–water partition coefficient (Wildman–Crippen LogP) is 1.84. The Balaban J connectivity index is 2.06. The summed E-state index contributed by atoms with van der Waals surface area (Å²) in [6.07, 6.45) is 5.23. The second kappa shape index (κ2) is 6.78. The molecule has 2 aromatic rings. The van der Waals surface area contributed by atoms with Crippen molar-refractivity contribution >= 4 is 27.0 Å². The van der Waals surface area contributed by atoms with Crippen LogP contribution in [0.5, 0.6) is 0 Å². The van der Waals surface area contributed by atoms with Crippen molar-refractivity contribution in [3.8, 4) is 0 Å². The molecule has 0 spiro atoms. The van der Waals surface area contributed by atoms with Crippen molar-refractivity contribution in [1.82, 2.24) is 15.3 Å². The molecule has 6 nitrogen and oxygen atoms in total. The summed E-state index contributed by atoms with van der Waals surface area (Å²) in [5.41, 5.74) is 1.32. The van der Waals surface area contributed by atoms with Crippen molar-refractivity contribution in [1.29, 1.82) is 0 Å². The molecule has 0 saturated carbocycles. The number of hydrogen-bond donors (Lipinski definition) is 2. The van der Waals surface area contributed by atoms with E-state index in [9.17, 15) is 8.42 Å². The number of aromatic nitrogens is 2. The lowest BCUT2D eigenvalue weighted by Crippen LogP contribution is -2.14. The molecule has 0 radical (unpaired) electrons. The van der Waals surface area contributed by atoms with E-state index in [1.54, 1.807) is 6.07 Å². The van der Waals surface area contributed by atoms with Gasteiger partial charge in [-0.3, -0.25) is 4.72 Å². The molecule has 0 amide bonds. The monoisotopic (exact) mass is 312 g/mol. The Labute approximate surface area is 122 Å². The predicted molar refractivity (Wildman–Crippen MR) is 79.2 cm³/mol. The number of nitrogens with one attached hydrogen (secondary N) is 2. The summed E-state index contributed by atoms with van der Waals surface area (Å²) in [4.78, 5) is 7.55. The summed E-state index contributed by atoms with van der Waals surface area (Å²) in [6, 6.07) is 1.68. The van der Waals surface area contributed by atoms with Gasteiger partial charge in [0.25, 0.3) is 10.0 Å². The summed E-state index contributed by atoms with van der Waals surface area (Å²) in [6.45, 7) is 3.67. The third kappa shape index (κ3) is 3.99. The smallest absolute Gasteiger partial charge is 0.271 e. The average Bonchev–Trinajstić information content (AvgIpc) is 2.89. The highest BCUT2D eigenvalue weighted by molar-refractivity contribution is 7.94. The molecule has 2 rings (SSSR count). The summed E-state index contributed by atoms with van der Waals surface area (Å²) in [7, 11) is -3.56. The molecular formula is C12H16N4O2S2. The minimum atomic E-state index is -3.56. The molecule has 0 bridgehead atoms. The van der Waals surface area contributed by atoms with Crippen LogP contribution in [0.1, 0.15) is 18.9 Å². The van der Waals surface area contributed by atoms with Crippen molar-refractivity contribution in [3.63, 3.8) is 0 Å². The number of hydrogen-bond acceptors (Lipinski definition) is 6. The van der Waals surface area contributed by atoms with E-state index in [0.717, 1.165) is 18.5 Å². The number of sulfonamides is 1. The first kappa shape index (κ1) is 14.9. The van der Waals surface area contributed by atoms with Crippen LogP contribution in [0.15, 0.2) is 34.4 Å². The van der Waals surface area contributed by atoms with Gasteiger partial charge in [-0.2, -0.15) is 0 Å². The van der Waals surface area contributed by atoms with Gasteiger partial charge in [0.05, 0.1) is 18.1 Å². The molecule has 0 unspecified atom stereocenters. The molecule has 20 heavy (non-hydrogen) atoms. The quantitative estimate of drug-likeness (QED) is 0.762. The molecule has 0 aliphatic rings. The van der Waals surface area contributed by atoms with Crippen LogP contribution in [-0.4, -0.2) is 24.9 Å². The molecule has 0 fully saturated rings. The van der Waals surface area contributed by atoms with Gasteiger partial charge in [0.2, 0.25) is 0 Å². The van der Waals surface area contributed by atoms with E-state index in [1.807, 2.05) is 5.38 Å². The molecule has 2 heterocycles. The second-order valence-electron chi connectivity index (χ2n) is 4.18. The Kier molecular flexibility index (Phi) is 5.05. The van der Waals surface area contributed by atoms with Crippen molar-refractivity contribution in [2.45, 2.75) is 24.1 Å². The number of thiophene rings is 1. The Morgan fingerprint density at radius 2 is 2.05 bits per heavy atom. The third-order valence-corrected chi connectivity index (χ3v) is 5.33. The molecular weight excluding hydrogens is 296 g/mol. The van der Waals surface area contributed by atoms with E-state index in [-0.39, 0.29) is 4.21 Å². The Morgan fingerprint density at radius 3 is 2.75 bits per heavy atom. The zero-order chi connectivity index (χ0) is 14.4. The van der Waals surface area contributed by atoms with Gasteiger partial charge >= 0.3 is 0 Å². The number of anilines is 1. The van der Waals surface area contributed by atoms with Crippen LogP contribution in [0.2, 0.25) is 0 Å². The van der Waals surface area contributed by atoms with E-state index in [4.69, 9.17) is 0 Å². The van der Waals surface area contributed by atoms with E-state index in [1.165, 1.54) is 30.1 Å². The average molecular weight is 312 g/mol. The normalized spacial score (nSPS) is 11.4. The van der Waals surface area contributed by atoms with Crippen molar-refractivity contribution < 1.29 is 8.42 Å². The Bertz CT molecular complexity index is 640. The highest BCUT2D eigenvalue weighted by Crippen LogP contribution is 2.22. The minimum Gasteiger partial charge on any atom is -0.313 e. The van der Waals surface area contributed by atoms with Gasteiger partial charge in [0, 0.05) is 6.54 Å². The topological polar surface area (TPSA) is 84.0 Å². The van der Waals surface area contributed by atoms with Gasteiger partial charge in [-0.05, 0) is 30.0 Å². The van der Waals surface area contributed by atoms with Crippen molar-refractivity contribution in [2.75, 3.05) is 11.3 Å². The van der Waals surface area contributed by atoms with E-state index < -0.39 is 10.0 Å². The molecule has 0 aliphatic carbocycles. The van der Waals surface area contributed by atoms with Gasteiger partial charge in [-0.1, -0.05) is 6.92 Å². The summed E-state index contributed by atoms with van der Waals surface area (Å²) in [5.74, 6) is 0. The third-order valence-electron chi connectivity index (χ3n) is 2.46. The largest absolute Gasteiger partial charge is 0.313 e. The van der Waals surface area contributed by atoms with Crippen molar-refractivity contribution in [2.24, 2.45) is 0 Å². The fourth-order valence-corrected chi connectivity index (χ4v) is 3.79. The van der Waals surface area contributed by atoms with Crippen LogP contribution >= 0.6 is 11.3 Å². The van der Waals surface area contributed by atoms with Crippen LogP contribution in [0.3, 0.4) is 0 Å². The summed E-state index contributed by atoms with van der Waals surface area (Å²) >= 11 is 1.20. The van der Waals surface area contributed by atoms with Gasteiger partial charge in [0.1, 0.15) is 10.5 Å². The SMILES string of the molecule is CCCNCc1csc(S(=O)(=O)Nc2cncnc2)c1. The molecule has 0 aromatic carbocycles. The summed E-state index contributed by atoms with van der Waals surface area (Å²) in [5, 5.41) is 5.08. The lowest BCUT2D eigenvalue weighted by Gasteiger charge is -2.04. The highest BCUT2D eigenvalue weighted by Gasteiger charge is 2.17. The first-order valence-corrected chi connectivity index (χ1v) is 8.54. The standard InChI is InChI=1S/C12H16N4O2S2/c1-2-3-13-5-10-4-12(19-8-10)20(17,18)16-11-6-14-9-15-7-11/h4,6-9,13,16H,2-3,5H2,1H3. The highest BCUT2D eigenvalue weighted by atomic mass is 32.2. The fourth-order valence-electron chi connectivity index (χ4n) is 1.55. The van der Waals surface area contributed by atoms with Crippen LogP contribution < -0.4 is 10.0 Å². The van der Waals surface area contributed by atoms with Gasteiger partial charge < -0.3 is 5.32 Å². The maximum Gasteiger partial charge on any atom is 0.271 e.